The molecule has 0 bridgehead atoms. The Balaban J connectivity index is 1.93. The maximum Gasteiger partial charge on any atom is 0.354 e. The van der Waals surface area contributed by atoms with Gasteiger partial charge in [-0.2, -0.15) is 15.4 Å². The third kappa shape index (κ3) is 3.57. The van der Waals surface area contributed by atoms with E-state index in [1.54, 1.807) is 25.3 Å². The van der Waals surface area contributed by atoms with E-state index in [-0.39, 0.29) is 5.91 Å². The summed E-state index contributed by atoms with van der Waals surface area (Å²) in [5.41, 5.74) is 3.71. The molecule has 0 aliphatic heterocycles. The standard InChI is InChI=1S/C17H17N5O3/c1-3-25-17(24)14-8-12(9-18-14)16-15(20-22-21-16)11-5-4-6-13(7-11)19-10(2)23/h4-9,18H,3H2,1-2H3,(H,19,23)(H,20,21,22). The number of amides is 1. The largest absolute Gasteiger partial charge is 0.461 e. The number of nitrogens with one attached hydrogen (secondary N) is 3. The molecule has 0 unspecified atom stereocenters. The highest BCUT2D eigenvalue weighted by Crippen LogP contribution is 2.30. The van der Waals surface area contributed by atoms with Crippen LogP contribution in [-0.2, 0) is 9.53 Å². The van der Waals surface area contributed by atoms with Gasteiger partial charge in [0.2, 0.25) is 5.91 Å². The van der Waals surface area contributed by atoms with Crippen LogP contribution in [0.3, 0.4) is 0 Å². The summed E-state index contributed by atoms with van der Waals surface area (Å²) in [4.78, 5) is 25.9. The van der Waals surface area contributed by atoms with E-state index in [2.05, 4.69) is 25.7 Å². The van der Waals surface area contributed by atoms with Crippen molar-refractivity contribution in [3.05, 3.63) is 42.2 Å². The molecule has 2 heterocycles. The fourth-order valence-corrected chi connectivity index (χ4v) is 2.44. The number of anilines is 1. The maximum atomic E-state index is 11.8. The minimum atomic E-state index is -0.425. The number of carbonyl (C=O) groups is 2. The smallest absolute Gasteiger partial charge is 0.354 e. The molecule has 3 aromatic rings. The average molecular weight is 339 g/mol. The Morgan fingerprint density at radius 3 is 2.64 bits per heavy atom. The summed E-state index contributed by atoms with van der Waals surface area (Å²) in [6.07, 6.45) is 1.67. The minimum absolute atomic E-state index is 0.151. The Morgan fingerprint density at radius 1 is 1.16 bits per heavy atom. The molecule has 8 heteroatoms. The number of hydrogen-bond donors (Lipinski definition) is 3. The van der Waals surface area contributed by atoms with Crippen LogP contribution in [0.2, 0.25) is 0 Å². The van der Waals surface area contributed by atoms with Crippen LogP contribution in [0.15, 0.2) is 36.5 Å². The number of aromatic nitrogens is 4. The Morgan fingerprint density at radius 2 is 1.92 bits per heavy atom. The molecule has 25 heavy (non-hydrogen) atoms. The molecule has 2 aromatic heterocycles. The molecule has 0 aliphatic carbocycles. The zero-order valence-electron chi connectivity index (χ0n) is 13.8. The van der Waals surface area contributed by atoms with Gasteiger partial charge in [0.1, 0.15) is 17.1 Å². The predicted molar refractivity (Wildman–Crippen MR) is 91.9 cm³/mol. The molecule has 3 rings (SSSR count). The van der Waals surface area contributed by atoms with Crippen LogP contribution in [0.4, 0.5) is 5.69 Å². The number of ether oxygens (including phenoxy) is 1. The topological polar surface area (TPSA) is 113 Å². The normalized spacial score (nSPS) is 10.5. The lowest BCUT2D eigenvalue weighted by Crippen LogP contribution is -2.05. The van der Waals surface area contributed by atoms with Gasteiger partial charge in [-0.15, -0.1) is 0 Å². The Hall–Kier alpha value is -3.42. The molecule has 0 aliphatic rings. The van der Waals surface area contributed by atoms with Gasteiger partial charge in [-0.1, -0.05) is 12.1 Å². The first kappa shape index (κ1) is 16.4. The molecule has 0 saturated heterocycles. The van der Waals surface area contributed by atoms with Crippen LogP contribution >= 0.6 is 0 Å². The molecular weight excluding hydrogens is 322 g/mol. The van der Waals surface area contributed by atoms with E-state index in [0.717, 1.165) is 5.56 Å². The van der Waals surface area contributed by atoms with Crippen molar-refractivity contribution in [3.63, 3.8) is 0 Å². The quantitative estimate of drug-likeness (QED) is 0.618. The summed E-state index contributed by atoms with van der Waals surface area (Å²) in [6.45, 7) is 3.50. The molecule has 0 fully saturated rings. The third-order valence-corrected chi connectivity index (χ3v) is 3.46. The monoisotopic (exact) mass is 339 g/mol. The second-order valence-corrected chi connectivity index (χ2v) is 5.31. The highest BCUT2D eigenvalue weighted by Gasteiger charge is 2.17. The second-order valence-electron chi connectivity index (χ2n) is 5.31. The lowest BCUT2D eigenvalue weighted by molar-refractivity contribution is -0.114. The van der Waals surface area contributed by atoms with Gasteiger partial charge in [-0.05, 0) is 25.1 Å². The molecule has 3 N–H and O–H groups in total. The predicted octanol–water partition coefficient (Wildman–Crippen LogP) is 2.60. The van der Waals surface area contributed by atoms with Crippen molar-refractivity contribution < 1.29 is 14.3 Å². The Bertz CT molecular complexity index is 912. The number of H-pyrrole nitrogens is 2. The first-order valence-corrected chi connectivity index (χ1v) is 7.73. The van der Waals surface area contributed by atoms with E-state index in [9.17, 15) is 9.59 Å². The maximum absolute atomic E-state index is 11.8. The summed E-state index contributed by atoms with van der Waals surface area (Å²) in [6, 6.07) is 8.95. The Labute approximate surface area is 143 Å². The fraction of sp³-hybridized carbons (Fsp3) is 0.176. The van der Waals surface area contributed by atoms with Crippen molar-refractivity contribution in [2.45, 2.75) is 13.8 Å². The molecule has 0 radical (unpaired) electrons. The van der Waals surface area contributed by atoms with Crippen molar-refractivity contribution in [1.82, 2.24) is 20.4 Å². The van der Waals surface area contributed by atoms with Gasteiger partial charge in [-0.25, -0.2) is 4.79 Å². The van der Waals surface area contributed by atoms with Crippen LogP contribution < -0.4 is 5.32 Å². The van der Waals surface area contributed by atoms with Crippen LogP contribution in [0, 0.1) is 0 Å². The van der Waals surface area contributed by atoms with Gasteiger partial charge in [0, 0.05) is 29.9 Å². The first-order chi connectivity index (χ1) is 12.1. The van der Waals surface area contributed by atoms with E-state index < -0.39 is 5.97 Å². The van der Waals surface area contributed by atoms with Gasteiger partial charge in [0.05, 0.1) is 6.61 Å². The summed E-state index contributed by atoms with van der Waals surface area (Å²) in [5.74, 6) is -0.575. The van der Waals surface area contributed by atoms with Crippen LogP contribution in [0.25, 0.3) is 22.5 Å². The second kappa shape index (κ2) is 7.00. The summed E-state index contributed by atoms with van der Waals surface area (Å²) in [5, 5.41) is 13.7. The van der Waals surface area contributed by atoms with Crippen molar-refractivity contribution in [3.8, 4) is 22.5 Å². The molecule has 0 spiro atoms. The van der Waals surface area contributed by atoms with Crippen LogP contribution in [0.1, 0.15) is 24.3 Å². The van der Waals surface area contributed by atoms with Crippen LogP contribution in [0.5, 0.6) is 0 Å². The highest BCUT2D eigenvalue weighted by atomic mass is 16.5. The third-order valence-electron chi connectivity index (χ3n) is 3.46. The van der Waals surface area contributed by atoms with Gasteiger partial charge in [0.15, 0.2) is 0 Å². The minimum Gasteiger partial charge on any atom is -0.461 e. The van der Waals surface area contributed by atoms with Gasteiger partial charge in [0.25, 0.3) is 0 Å². The number of nitrogens with zero attached hydrogens (tertiary/aromatic N) is 2. The lowest BCUT2D eigenvalue weighted by atomic mass is 10.1. The van der Waals surface area contributed by atoms with Crippen LogP contribution in [-0.4, -0.2) is 38.9 Å². The fourth-order valence-electron chi connectivity index (χ4n) is 2.44. The van der Waals surface area contributed by atoms with E-state index in [4.69, 9.17) is 4.74 Å². The number of carbonyl (C=O) groups excluding carboxylic acids is 2. The Kier molecular flexibility index (Phi) is 4.60. The summed E-state index contributed by atoms with van der Waals surface area (Å²) >= 11 is 0. The summed E-state index contributed by atoms with van der Waals surface area (Å²) in [7, 11) is 0. The zero-order valence-corrected chi connectivity index (χ0v) is 13.8. The average Bonchev–Trinajstić information content (AvgIpc) is 3.24. The highest BCUT2D eigenvalue weighted by molar-refractivity contribution is 5.91. The lowest BCUT2D eigenvalue weighted by Gasteiger charge is -2.04. The van der Waals surface area contributed by atoms with Crippen molar-refractivity contribution in [2.75, 3.05) is 11.9 Å². The molecule has 0 atom stereocenters. The van der Waals surface area contributed by atoms with E-state index >= 15 is 0 Å². The molecular formula is C17H17N5O3. The number of hydrogen-bond acceptors (Lipinski definition) is 5. The zero-order chi connectivity index (χ0) is 17.8. The van der Waals surface area contributed by atoms with E-state index in [1.807, 2.05) is 18.2 Å². The van der Waals surface area contributed by atoms with Crippen molar-refractivity contribution >= 4 is 17.6 Å². The molecule has 1 amide bonds. The van der Waals surface area contributed by atoms with Gasteiger partial charge < -0.3 is 15.0 Å². The number of esters is 1. The molecule has 8 nitrogen and oxygen atoms in total. The molecule has 1 aromatic carbocycles. The summed E-state index contributed by atoms with van der Waals surface area (Å²) < 4.78 is 4.97. The van der Waals surface area contributed by atoms with E-state index in [1.165, 1.54) is 6.92 Å². The first-order valence-electron chi connectivity index (χ1n) is 7.73. The number of benzene rings is 1. The number of rotatable bonds is 5. The van der Waals surface area contributed by atoms with E-state index in [0.29, 0.717) is 34.9 Å². The van der Waals surface area contributed by atoms with Gasteiger partial charge >= 0.3 is 5.97 Å². The van der Waals surface area contributed by atoms with Gasteiger partial charge in [-0.3, -0.25) is 4.79 Å². The van der Waals surface area contributed by atoms with Crippen molar-refractivity contribution in [2.24, 2.45) is 0 Å². The molecule has 128 valence electrons. The molecule has 0 saturated carbocycles. The SMILES string of the molecule is CCOC(=O)c1cc(-c2n[nH]nc2-c2cccc(NC(C)=O)c2)c[nH]1. The van der Waals surface area contributed by atoms with Crippen molar-refractivity contribution in [1.29, 1.82) is 0 Å². The number of aromatic amines is 2.